The lowest BCUT2D eigenvalue weighted by Gasteiger charge is -2.04. The topological polar surface area (TPSA) is 92.2 Å². The van der Waals surface area contributed by atoms with Gasteiger partial charge in [0.15, 0.2) is 5.43 Å². The Morgan fingerprint density at radius 3 is 2.63 bits per heavy atom. The summed E-state index contributed by atoms with van der Waals surface area (Å²) in [7, 11) is -4.49. The second-order valence-corrected chi connectivity index (χ2v) is 5.55. The number of fused-ring (bicyclic) bond motifs is 3. The third kappa shape index (κ3) is 1.66. The standard InChI is InChI=1S/C12H10N2O4S/c1-7-12-10(4-5-13-7)9-3-2-8(15)6-11(9)14(12)19(16,17)18/h2-6,13H,1H3,(H,16,17,18). The van der Waals surface area contributed by atoms with Gasteiger partial charge in [0.05, 0.1) is 11.0 Å². The molecule has 6 nitrogen and oxygen atoms in total. The summed E-state index contributed by atoms with van der Waals surface area (Å²) >= 11 is 0. The molecule has 98 valence electrons. The van der Waals surface area contributed by atoms with E-state index in [1.165, 1.54) is 12.1 Å². The quantitative estimate of drug-likeness (QED) is 0.659. The number of pyridine rings is 1. The van der Waals surface area contributed by atoms with Gasteiger partial charge in [-0.2, -0.15) is 8.42 Å². The fourth-order valence-electron chi connectivity index (χ4n) is 2.35. The zero-order valence-corrected chi connectivity index (χ0v) is 10.7. The first-order valence-corrected chi connectivity index (χ1v) is 6.90. The largest absolute Gasteiger partial charge is 0.364 e. The number of rotatable bonds is 1. The van der Waals surface area contributed by atoms with E-state index in [-0.39, 0.29) is 10.9 Å². The highest BCUT2D eigenvalue weighted by atomic mass is 32.2. The molecule has 3 rings (SSSR count). The van der Waals surface area contributed by atoms with E-state index >= 15 is 0 Å². The molecule has 0 aliphatic rings. The van der Waals surface area contributed by atoms with E-state index in [4.69, 9.17) is 0 Å². The summed E-state index contributed by atoms with van der Waals surface area (Å²) in [6.45, 7) is 1.70. The number of H-pyrrole nitrogens is 1. The third-order valence-electron chi connectivity index (χ3n) is 3.07. The Hall–Kier alpha value is -2.12. The van der Waals surface area contributed by atoms with Crippen molar-refractivity contribution in [2.24, 2.45) is 0 Å². The second-order valence-electron chi connectivity index (χ2n) is 4.29. The lowest BCUT2D eigenvalue weighted by atomic mass is 10.2. The summed E-state index contributed by atoms with van der Waals surface area (Å²) in [5.74, 6) is 0. The van der Waals surface area contributed by atoms with Crippen LogP contribution in [0, 0.1) is 6.92 Å². The van der Waals surface area contributed by atoms with E-state index in [0.717, 1.165) is 3.97 Å². The lowest BCUT2D eigenvalue weighted by Crippen LogP contribution is -2.12. The Morgan fingerprint density at radius 1 is 1.21 bits per heavy atom. The van der Waals surface area contributed by atoms with Crippen molar-refractivity contribution in [3.63, 3.8) is 0 Å². The summed E-state index contributed by atoms with van der Waals surface area (Å²) in [4.78, 5) is 14.3. The van der Waals surface area contributed by atoms with E-state index < -0.39 is 10.3 Å². The van der Waals surface area contributed by atoms with Gasteiger partial charge in [-0.1, -0.05) is 0 Å². The predicted molar refractivity (Wildman–Crippen MR) is 71.7 cm³/mol. The minimum atomic E-state index is -4.49. The van der Waals surface area contributed by atoms with Crippen molar-refractivity contribution in [2.45, 2.75) is 6.92 Å². The fraction of sp³-hybridized carbons (Fsp3) is 0.0833. The van der Waals surface area contributed by atoms with Crippen molar-refractivity contribution in [2.75, 3.05) is 0 Å². The normalized spacial score (nSPS) is 12.3. The van der Waals surface area contributed by atoms with E-state index in [1.807, 2.05) is 0 Å². The van der Waals surface area contributed by atoms with Crippen molar-refractivity contribution < 1.29 is 13.0 Å². The summed E-state index contributed by atoms with van der Waals surface area (Å²) in [6, 6.07) is 5.82. The summed E-state index contributed by atoms with van der Waals surface area (Å²) < 4.78 is 33.4. The number of nitrogens with one attached hydrogen (secondary N) is 1. The Bertz CT molecular complexity index is 966. The van der Waals surface area contributed by atoms with Crippen LogP contribution in [0.4, 0.5) is 0 Å². The number of aromatic nitrogens is 2. The molecule has 0 aliphatic heterocycles. The van der Waals surface area contributed by atoms with Crippen LogP contribution in [0.25, 0.3) is 21.8 Å². The number of aromatic amines is 1. The van der Waals surface area contributed by atoms with Gasteiger partial charge in [0.1, 0.15) is 0 Å². The maximum Gasteiger partial charge on any atom is 0.364 e. The van der Waals surface area contributed by atoms with Crippen molar-refractivity contribution in [3.05, 3.63) is 46.4 Å². The molecule has 0 spiro atoms. The monoisotopic (exact) mass is 278 g/mol. The van der Waals surface area contributed by atoms with Gasteiger partial charge in [0.2, 0.25) is 0 Å². The maximum atomic E-state index is 11.6. The van der Waals surface area contributed by atoms with Crippen molar-refractivity contribution in [1.29, 1.82) is 0 Å². The number of benzene rings is 1. The van der Waals surface area contributed by atoms with Crippen LogP contribution in [0.5, 0.6) is 0 Å². The zero-order valence-electron chi connectivity index (χ0n) is 9.91. The van der Waals surface area contributed by atoms with Crippen LogP contribution in [-0.2, 0) is 10.3 Å². The first kappa shape index (κ1) is 11.9. The zero-order chi connectivity index (χ0) is 13.8. The van der Waals surface area contributed by atoms with Gasteiger partial charge in [0, 0.05) is 28.7 Å². The summed E-state index contributed by atoms with van der Waals surface area (Å²) in [5.41, 5.74) is 0.777. The van der Waals surface area contributed by atoms with Gasteiger partial charge >= 0.3 is 10.3 Å². The molecule has 0 aliphatic carbocycles. The Labute approximate surface area is 108 Å². The SMILES string of the molecule is Cc1[nH]ccc2c3ccc(=O)cc3n(S(=O)(=O)O)c12. The van der Waals surface area contributed by atoms with E-state index in [1.54, 1.807) is 25.3 Å². The molecule has 0 saturated heterocycles. The van der Waals surface area contributed by atoms with Crippen molar-refractivity contribution >= 4 is 32.1 Å². The molecular weight excluding hydrogens is 268 g/mol. The van der Waals surface area contributed by atoms with Gasteiger partial charge in [-0.25, -0.2) is 3.97 Å². The molecule has 0 fully saturated rings. The van der Waals surface area contributed by atoms with Crippen LogP contribution in [0.1, 0.15) is 5.69 Å². The first-order chi connectivity index (χ1) is 8.89. The lowest BCUT2D eigenvalue weighted by molar-refractivity contribution is 0.476. The van der Waals surface area contributed by atoms with Crippen LogP contribution in [-0.4, -0.2) is 21.9 Å². The Morgan fingerprint density at radius 2 is 1.95 bits per heavy atom. The molecule has 0 radical (unpaired) electrons. The average molecular weight is 278 g/mol. The van der Waals surface area contributed by atoms with Crippen LogP contribution in [0.3, 0.4) is 0 Å². The number of hydrogen-bond acceptors (Lipinski definition) is 3. The van der Waals surface area contributed by atoms with Crippen LogP contribution >= 0.6 is 0 Å². The van der Waals surface area contributed by atoms with Gasteiger partial charge in [-0.15, -0.1) is 0 Å². The summed E-state index contributed by atoms with van der Waals surface area (Å²) in [5, 5.41) is 1.26. The fourth-order valence-corrected chi connectivity index (χ4v) is 3.21. The molecule has 0 unspecified atom stereocenters. The molecule has 7 heteroatoms. The smallest absolute Gasteiger partial charge is 0.363 e. The second kappa shape index (κ2) is 3.69. The third-order valence-corrected chi connectivity index (χ3v) is 3.91. The first-order valence-electron chi connectivity index (χ1n) is 5.50. The average Bonchev–Trinajstić information content (AvgIpc) is 2.63. The van der Waals surface area contributed by atoms with E-state index in [9.17, 15) is 17.8 Å². The Balaban J connectivity index is 2.76. The highest BCUT2D eigenvalue weighted by Crippen LogP contribution is 2.30. The van der Waals surface area contributed by atoms with Crippen LogP contribution in [0.15, 0.2) is 35.3 Å². The predicted octanol–water partition coefficient (Wildman–Crippen LogP) is 1.44. The van der Waals surface area contributed by atoms with Gasteiger partial charge in [0.25, 0.3) is 0 Å². The highest BCUT2D eigenvalue weighted by molar-refractivity contribution is 7.84. The molecule has 19 heavy (non-hydrogen) atoms. The molecular formula is C12H10N2O4S. The molecule has 2 heterocycles. The number of nitrogens with zero attached hydrogens (tertiary/aromatic N) is 1. The molecule has 0 amide bonds. The molecule has 2 N–H and O–H groups in total. The van der Waals surface area contributed by atoms with Crippen molar-refractivity contribution in [3.8, 4) is 0 Å². The van der Waals surface area contributed by atoms with Crippen molar-refractivity contribution in [1.82, 2.24) is 8.96 Å². The summed E-state index contributed by atoms with van der Waals surface area (Å²) in [6.07, 6.45) is 1.68. The number of hydrogen-bond donors (Lipinski definition) is 2. The van der Waals surface area contributed by atoms with E-state index in [2.05, 4.69) is 4.98 Å². The van der Waals surface area contributed by atoms with E-state index in [0.29, 0.717) is 22.0 Å². The molecule has 0 bridgehead atoms. The maximum absolute atomic E-state index is 11.6. The van der Waals surface area contributed by atoms with Gasteiger partial charge in [-0.3, -0.25) is 9.35 Å². The van der Waals surface area contributed by atoms with Crippen LogP contribution < -0.4 is 5.43 Å². The molecule has 0 saturated carbocycles. The van der Waals surface area contributed by atoms with Gasteiger partial charge < -0.3 is 4.98 Å². The molecule has 1 aromatic carbocycles. The number of aryl methyl sites for hydroxylation is 1. The minimum Gasteiger partial charge on any atom is -0.363 e. The molecule has 3 aromatic rings. The highest BCUT2D eigenvalue weighted by Gasteiger charge is 2.20. The van der Waals surface area contributed by atoms with Crippen LogP contribution in [0.2, 0.25) is 0 Å². The molecule has 0 atom stereocenters. The minimum absolute atomic E-state index is 0.174. The van der Waals surface area contributed by atoms with Gasteiger partial charge in [-0.05, 0) is 25.1 Å². The Kier molecular flexibility index (Phi) is 2.32. The molecule has 2 aromatic heterocycles.